The topological polar surface area (TPSA) is 46.2 Å². The first kappa shape index (κ1) is 13.5. The third-order valence-electron chi connectivity index (χ3n) is 4.14. The van der Waals surface area contributed by atoms with Crippen LogP contribution in [0.15, 0.2) is 12.1 Å². The summed E-state index contributed by atoms with van der Waals surface area (Å²) in [5.74, 6) is 2.84. The molecule has 5 nitrogen and oxygen atoms in total. The van der Waals surface area contributed by atoms with E-state index in [1.165, 1.54) is 0 Å². The zero-order valence-electron chi connectivity index (χ0n) is 12.0. The van der Waals surface area contributed by atoms with Gasteiger partial charge in [0.25, 0.3) is 0 Å². The summed E-state index contributed by atoms with van der Waals surface area (Å²) in [5.41, 5.74) is 1.05. The van der Waals surface area contributed by atoms with Crippen LogP contribution in [0.3, 0.4) is 0 Å². The van der Waals surface area contributed by atoms with Crippen molar-refractivity contribution < 1.29 is 23.7 Å². The Labute approximate surface area is 118 Å². The standard InChI is InChI=1S/C15H20O5/c1-16-12-4-9(5-13(17-2)15(12)18-3)14-11-8-19-6-10(11)7-20-14/h4-5,10-11,14H,6-8H2,1-3H3/t10-,11-,14+/m0/s1. The second-order valence-electron chi connectivity index (χ2n) is 5.17. The van der Waals surface area contributed by atoms with Crippen LogP contribution in [-0.2, 0) is 9.47 Å². The van der Waals surface area contributed by atoms with Gasteiger partial charge in [0.2, 0.25) is 5.75 Å². The smallest absolute Gasteiger partial charge is 0.203 e. The van der Waals surface area contributed by atoms with Crippen LogP contribution in [-0.4, -0.2) is 41.2 Å². The maximum absolute atomic E-state index is 5.95. The summed E-state index contributed by atoms with van der Waals surface area (Å²) in [4.78, 5) is 0. The number of benzene rings is 1. The largest absolute Gasteiger partial charge is 0.493 e. The van der Waals surface area contributed by atoms with E-state index < -0.39 is 0 Å². The second kappa shape index (κ2) is 5.50. The summed E-state index contributed by atoms with van der Waals surface area (Å²) in [5, 5.41) is 0. The highest BCUT2D eigenvalue weighted by Gasteiger charge is 2.42. The summed E-state index contributed by atoms with van der Waals surface area (Å²) < 4.78 is 27.6. The van der Waals surface area contributed by atoms with E-state index in [1.807, 2.05) is 12.1 Å². The van der Waals surface area contributed by atoms with E-state index in [-0.39, 0.29) is 6.10 Å². The van der Waals surface area contributed by atoms with Crippen LogP contribution in [0.2, 0.25) is 0 Å². The van der Waals surface area contributed by atoms with E-state index in [1.54, 1.807) is 21.3 Å². The van der Waals surface area contributed by atoms with Crippen molar-refractivity contribution in [2.24, 2.45) is 11.8 Å². The molecule has 0 bridgehead atoms. The molecular formula is C15H20O5. The quantitative estimate of drug-likeness (QED) is 0.844. The molecule has 1 aromatic carbocycles. The Bertz CT molecular complexity index is 462. The Balaban J connectivity index is 1.97. The predicted octanol–water partition coefficient (Wildman–Crippen LogP) is 2.05. The van der Waals surface area contributed by atoms with E-state index in [9.17, 15) is 0 Å². The van der Waals surface area contributed by atoms with Gasteiger partial charge in [-0.1, -0.05) is 0 Å². The molecule has 2 heterocycles. The molecule has 0 aliphatic carbocycles. The number of fused-ring (bicyclic) bond motifs is 1. The molecule has 2 aliphatic heterocycles. The van der Waals surface area contributed by atoms with Crippen molar-refractivity contribution in [2.75, 3.05) is 41.2 Å². The zero-order chi connectivity index (χ0) is 14.1. The van der Waals surface area contributed by atoms with Gasteiger partial charge in [0.05, 0.1) is 47.3 Å². The molecule has 5 heteroatoms. The summed E-state index contributed by atoms with van der Waals surface area (Å²) in [6.07, 6.45) is 0.0382. The molecule has 0 spiro atoms. The van der Waals surface area contributed by atoms with Gasteiger partial charge in [-0.05, 0) is 17.7 Å². The molecular weight excluding hydrogens is 260 g/mol. The molecule has 0 unspecified atom stereocenters. The highest BCUT2D eigenvalue weighted by atomic mass is 16.5. The molecule has 0 amide bonds. The lowest BCUT2D eigenvalue weighted by Gasteiger charge is -2.20. The lowest BCUT2D eigenvalue weighted by atomic mass is 9.90. The van der Waals surface area contributed by atoms with Crippen molar-refractivity contribution in [3.05, 3.63) is 17.7 Å². The second-order valence-corrected chi connectivity index (χ2v) is 5.17. The Hall–Kier alpha value is -1.46. The number of ether oxygens (including phenoxy) is 5. The van der Waals surface area contributed by atoms with Crippen molar-refractivity contribution in [3.8, 4) is 17.2 Å². The van der Waals surface area contributed by atoms with Crippen LogP contribution in [0.25, 0.3) is 0 Å². The summed E-state index contributed by atoms with van der Waals surface area (Å²) in [6, 6.07) is 3.93. The van der Waals surface area contributed by atoms with Crippen LogP contribution < -0.4 is 14.2 Å². The van der Waals surface area contributed by atoms with Gasteiger partial charge in [0.1, 0.15) is 0 Å². The molecule has 3 atom stereocenters. The Morgan fingerprint density at radius 3 is 2.25 bits per heavy atom. The maximum Gasteiger partial charge on any atom is 0.203 e. The van der Waals surface area contributed by atoms with Crippen LogP contribution in [0, 0.1) is 11.8 Å². The fraction of sp³-hybridized carbons (Fsp3) is 0.600. The fourth-order valence-corrected chi connectivity index (χ4v) is 3.08. The third-order valence-corrected chi connectivity index (χ3v) is 4.14. The first-order chi connectivity index (χ1) is 9.78. The first-order valence-electron chi connectivity index (χ1n) is 6.77. The van der Waals surface area contributed by atoms with Gasteiger partial charge in [-0.2, -0.15) is 0 Å². The monoisotopic (exact) mass is 280 g/mol. The molecule has 0 aromatic heterocycles. The fourth-order valence-electron chi connectivity index (χ4n) is 3.08. The summed E-state index contributed by atoms with van der Waals surface area (Å²) in [6.45, 7) is 2.31. The van der Waals surface area contributed by atoms with E-state index in [0.29, 0.717) is 29.1 Å². The molecule has 20 heavy (non-hydrogen) atoms. The minimum absolute atomic E-state index is 0.0382. The first-order valence-corrected chi connectivity index (χ1v) is 6.77. The SMILES string of the molecule is COc1cc([C@H]2OC[C@@H]3COC[C@@H]32)cc(OC)c1OC. The van der Waals surface area contributed by atoms with E-state index >= 15 is 0 Å². The predicted molar refractivity (Wildman–Crippen MR) is 72.6 cm³/mol. The van der Waals surface area contributed by atoms with Crippen LogP contribution >= 0.6 is 0 Å². The molecule has 3 rings (SSSR count). The number of hydrogen-bond donors (Lipinski definition) is 0. The lowest BCUT2D eigenvalue weighted by Crippen LogP contribution is -2.13. The van der Waals surface area contributed by atoms with Gasteiger partial charge in [-0.3, -0.25) is 0 Å². The molecule has 0 N–H and O–H groups in total. The molecule has 2 aliphatic rings. The van der Waals surface area contributed by atoms with Crippen molar-refractivity contribution in [2.45, 2.75) is 6.10 Å². The van der Waals surface area contributed by atoms with Crippen LogP contribution in [0.5, 0.6) is 17.2 Å². The van der Waals surface area contributed by atoms with Gasteiger partial charge in [-0.15, -0.1) is 0 Å². The number of hydrogen-bond acceptors (Lipinski definition) is 5. The van der Waals surface area contributed by atoms with Gasteiger partial charge in [0, 0.05) is 11.8 Å². The van der Waals surface area contributed by atoms with Crippen molar-refractivity contribution in [3.63, 3.8) is 0 Å². The van der Waals surface area contributed by atoms with Crippen LogP contribution in [0.4, 0.5) is 0 Å². The van der Waals surface area contributed by atoms with Gasteiger partial charge < -0.3 is 23.7 Å². The Morgan fingerprint density at radius 2 is 1.65 bits per heavy atom. The van der Waals surface area contributed by atoms with E-state index in [0.717, 1.165) is 25.4 Å². The van der Waals surface area contributed by atoms with Gasteiger partial charge >= 0.3 is 0 Å². The molecule has 0 saturated carbocycles. The minimum atomic E-state index is 0.0382. The highest BCUT2D eigenvalue weighted by molar-refractivity contribution is 5.54. The third kappa shape index (κ3) is 2.11. The van der Waals surface area contributed by atoms with Crippen molar-refractivity contribution >= 4 is 0 Å². The molecule has 0 radical (unpaired) electrons. The van der Waals surface area contributed by atoms with E-state index in [2.05, 4.69) is 0 Å². The number of rotatable bonds is 4. The van der Waals surface area contributed by atoms with Gasteiger partial charge in [-0.25, -0.2) is 0 Å². The van der Waals surface area contributed by atoms with Gasteiger partial charge in [0.15, 0.2) is 11.5 Å². The Morgan fingerprint density at radius 1 is 0.950 bits per heavy atom. The maximum atomic E-state index is 5.95. The van der Waals surface area contributed by atoms with Crippen molar-refractivity contribution in [1.82, 2.24) is 0 Å². The molecule has 1 aromatic rings. The molecule has 110 valence electrons. The summed E-state index contributed by atoms with van der Waals surface area (Å²) in [7, 11) is 4.85. The lowest BCUT2D eigenvalue weighted by molar-refractivity contribution is 0.0499. The number of methoxy groups -OCH3 is 3. The highest BCUT2D eigenvalue weighted by Crippen LogP contribution is 2.46. The Kier molecular flexibility index (Phi) is 3.72. The summed E-state index contributed by atoms with van der Waals surface area (Å²) >= 11 is 0. The average molecular weight is 280 g/mol. The van der Waals surface area contributed by atoms with Crippen molar-refractivity contribution in [1.29, 1.82) is 0 Å². The van der Waals surface area contributed by atoms with Crippen LogP contribution in [0.1, 0.15) is 11.7 Å². The normalized spacial score (nSPS) is 28.2. The molecule has 2 fully saturated rings. The molecule has 2 saturated heterocycles. The zero-order valence-corrected chi connectivity index (χ0v) is 12.0. The van der Waals surface area contributed by atoms with E-state index in [4.69, 9.17) is 23.7 Å². The average Bonchev–Trinajstić information content (AvgIpc) is 3.08. The minimum Gasteiger partial charge on any atom is -0.493 e.